The summed E-state index contributed by atoms with van der Waals surface area (Å²) in [6, 6.07) is 12.0. The van der Waals surface area contributed by atoms with Gasteiger partial charge in [-0.1, -0.05) is 28.1 Å². The first-order chi connectivity index (χ1) is 9.10. The lowest BCUT2D eigenvalue weighted by Crippen LogP contribution is -2.00. The minimum absolute atomic E-state index is 0.0546. The van der Waals surface area contributed by atoms with Gasteiger partial charge < -0.3 is 9.84 Å². The molecule has 0 amide bonds. The summed E-state index contributed by atoms with van der Waals surface area (Å²) in [6.07, 6.45) is 0. The molecule has 0 atom stereocenters. The molecule has 5 heteroatoms. The smallest absolute Gasteiger partial charge is 0.146 e. The van der Waals surface area contributed by atoms with E-state index in [9.17, 15) is 0 Å². The average molecular weight is 545 g/mol. The minimum Gasteiger partial charge on any atom is -0.487 e. The van der Waals surface area contributed by atoms with Crippen molar-refractivity contribution in [3.63, 3.8) is 0 Å². The number of aliphatic hydroxyl groups is 1. The second-order valence-corrected chi connectivity index (χ2v) is 7.20. The van der Waals surface area contributed by atoms with E-state index in [1.807, 2.05) is 36.4 Å². The van der Waals surface area contributed by atoms with E-state index in [1.54, 1.807) is 0 Å². The molecular weight excluding hydrogens is 534 g/mol. The fourth-order valence-electron chi connectivity index (χ4n) is 1.58. The molecule has 0 heterocycles. The van der Waals surface area contributed by atoms with Gasteiger partial charge in [0.15, 0.2) is 0 Å². The summed E-state index contributed by atoms with van der Waals surface area (Å²) in [7, 11) is 0. The summed E-state index contributed by atoms with van der Waals surface area (Å²) >= 11 is 7.88. The van der Waals surface area contributed by atoms with E-state index >= 15 is 0 Å². The monoisotopic (exact) mass is 544 g/mol. The summed E-state index contributed by atoms with van der Waals surface area (Å²) in [6.45, 7) is 0.594. The molecule has 0 aromatic heterocycles. The van der Waals surface area contributed by atoms with Crippen molar-refractivity contribution in [1.29, 1.82) is 0 Å². The first-order valence-electron chi connectivity index (χ1n) is 5.56. The lowest BCUT2D eigenvalue weighted by atomic mass is 10.2. The quantitative estimate of drug-likeness (QED) is 0.564. The Balaban J connectivity index is 2.13. The van der Waals surface area contributed by atoms with Crippen molar-refractivity contribution in [2.45, 2.75) is 13.2 Å². The molecule has 0 unspecified atom stereocenters. The van der Waals surface area contributed by atoms with Crippen LogP contribution in [-0.2, 0) is 13.2 Å². The van der Waals surface area contributed by atoms with Crippen molar-refractivity contribution in [2.24, 2.45) is 0 Å². The molecule has 0 spiro atoms. The average Bonchev–Trinajstić information content (AvgIpc) is 2.39. The molecule has 0 aliphatic carbocycles. The molecule has 100 valence electrons. The van der Waals surface area contributed by atoms with Crippen LogP contribution in [-0.4, -0.2) is 5.11 Å². The van der Waals surface area contributed by atoms with E-state index in [1.165, 1.54) is 0 Å². The minimum atomic E-state index is 0.0546. The zero-order valence-electron chi connectivity index (χ0n) is 9.87. The van der Waals surface area contributed by atoms with Crippen LogP contribution in [0, 0.1) is 7.14 Å². The van der Waals surface area contributed by atoms with Crippen molar-refractivity contribution in [3.8, 4) is 5.75 Å². The Morgan fingerprint density at radius 2 is 1.58 bits per heavy atom. The first-order valence-corrected chi connectivity index (χ1v) is 8.51. The number of benzene rings is 2. The number of ether oxygens (including phenoxy) is 1. The van der Waals surface area contributed by atoms with Crippen molar-refractivity contribution in [1.82, 2.24) is 0 Å². The molecule has 2 aromatic rings. The Morgan fingerprint density at radius 1 is 1.00 bits per heavy atom. The van der Waals surface area contributed by atoms with Gasteiger partial charge in [-0.2, -0.15) is 0 Å². The first kappa shape index (κ1) is 15.5. The van der Waals surface area contributed by atoms with Crippen LogP contribution in [0.2, 0.25) is 0 Å². The van der Waals surface area contributed by atoms with Crippen molar-refractivity contribution in [2.75, 3.05) is 0 Å². The third-order valence-corrected chi connectivity index (χ3v) is 4.67. The second kappa shape index (κ2) is 7.24. The molecule has 0 radical (unpaired) electrons. The van der Waals surface area contributed by atoms with E-state index in [4.69, 9.17) is 9.84 Å². The van der Waals surface area contributed by atoms with Crippen LogP contribution < -0.4 is 4.74 Å². The Labute approximate surface area is 148 Å². The number of hydrogen-bond donors (Lipinski definition) is 1. The molecular formula is C14H11BrI2O2. The SMILES string of the molecule is OCc1cc(I)c(OCc2ccc(Br)cc2)c(I)c1. The highest BCUT2D eigenvalue weighted by atomic mass is 127. The van der Waals surface area contributed by atoms with Gasteiger partial charge >= 0.3 is 0 Å². The standard InChI is InChI=1S/C14H11BrI2O2/c15-11-3-1-9(2-4-11)8-19-14-12(16)5-10(7-18)6-13(14)17/h1-6,18H,7-8H2. The normalized spacial score (nSPS) is 10.5. The largest absolute Gasteiger partial charge is 0.487 e. The predicted octanol–water partition coefficient (Wildman–Crippen LogP) is 4.73. The lowest BCUT2D eigenvalue weighted by Gasteiger charge is -2.12. The van der Waals surface area contributed by atoms with E-state index in [0.717, 1.165) is 28.5 Å². The van der Waals surface area contributed by atoms with Crippen molar-refractivity contribution >= 4 is 61.1 Å². The fourth-order valence-corrected chi connectivity index (χ4v) is 4.05. The Kier molecular flexibility index (Phi) is 5.91. The summed E-state index contributed by atoms with van der Waals surface area (Å²) in [4.78, 5) is 0. The molecule has 2 rings (SSSR count). The van der Waals surface area contributed by atoms with E-state index in [-0.39, 0.29) is 6.61 Å². The van der Waals surface area contributed by atoms with Crippen LogP contribution in [0.25, 0.3) is 0 Å². The maximum absolute atomic E-state index is 9.16. The third-order valence-electron chi connectivity index (χ3n) is 2.54. The van der Waals surface area contributed by atoms with Gasteiger partial charge in [0.25, 0.3) is 0 Å². The van der Waals surface area contributed by atoms with Gasteiger partial charge in [-0.05, 0) is 80.6 Å². The molecule has 0 saturated carbocycles. The fraction of sp³-hybridized carbons (Fsp3) is 0.143. The van der Waals surface area contributed by atoms with Gasteiger partial charge in [-0.3, -0.25) is 0 Å². The number of halogens is 3. The molecule has 0 aliphatic heterocycles. The highest BCUT2D eigenvalue weighted by Gasteiger charge is 2.09. The van der Waals surface area contributed by atoms with E-state index in [2.05, 4.69) is 61.1 Å². The Bertz CT molecular complexity index is 547. The van der Waals surface area contributed by atoms with Crippen LogP contribution in [0.5, 0.6) is 5.75 Å². The van der Waals surface area contributed by atoms with Crippen molar-refractivity contribution in [3.05, 3.63) is 59.1 Å². The Morgan fingerprint density at radius 3 is 2.11 bits per heavy atom. The van der Waals surface area contributed by atoms with Gasteiger partial charge in [0.1, 0.15) is 12.4 Å². The molecule has 0 fully saturated rings. The summed E-state index contributed by atoms with van der Waals surface area (Å²) in [5.74, 6) is 0.876. The molecule has 2 aromatic carbocycles. The second-order valence-electron chi connectivity index (χ2n) is 3.96. The van der Waals surface area contributed by atoms with Crippen LogP contribution >= 0.6 is 61.1 Å². The lowest BCUT2D eigenvalue weighted by molar-refractivity contribution is 0.280. The van der Waals surface area contributed by atoms with Gasteiger partial charge in [-0.25, -0.2) is 0 Å². The molecule has 0 saturated heterocycles. The van der Waals surface area contributed by atoms with Gasteiger partial charge in [-0.15, -0.1) is 0 Å². The molecule has 0 aliphatic rings. The zero-order valence-corrected chi connectivity index (χ0v) is 15.8. The van der Waals surface area contributed by atoms with Crippen LogP contribution in [0.15, 0.2) is 40.9 Å². The van der Waals surface area contributed by atoms with E-state index in [0.29, 0.717) is 6.61 Å². The number of aliphatic hydroxyl groups excluding tert-OH is 1. The van der Waals surface area contributed by atoms with Gasteiger partial charge in [0, 0.05) is 4.47 Å². The highest BCUT2D eigenvalue weighted by molar-refractivity contribution is 14.1. The maximum Gasteiger partial charge on any atom is 0.146 e. The maximum atomic E-state index is 9.16. The predicted molar refractivity (Wildman–Crippen MR) is 96.3 cm³/mol. The highest BCUT2D eigenvalue weighted by Crippen LogP contribution is 2.29. The van der Waals surface area contributed by atoms with Crippen LogP contribution in [0.3, 0.4) is 0 Å². The van der Waals surface area contributed by atoms with E-state index < -0.39 is 0 Å². The Hall–Kier alpha value is 0.140. The number of rotatable bonds is 4. The number of hydrogen-bond acceptors (Lipinski definition) is 2. The van der Waals surface area contributed by atoms with Gasteiger partial charge in [0.2, 0.25) is 0 Å². The molecule has 19 heavy (non-hydrogen) atoms. The van der Waals surface area contributed by atoms with Crippen LogP contribution in [0.1, 0.15) is 11.1 Å². The molecule has 1 N–H and O–H groups in total. The molecule has 2 nitrogen and oxygen atoms in total. The summed E-state index contributed by atoms with van der Waals surface area (Å²) in [5, 5.41) is 9.16. The summed E-state index contributed by atoms with van der Waals surface area (Å²) in [5.41, 5.74) is 2.03. The van der Waals surface area contributed by atoms with Crippen LogP contribution in [0.4, 0.5) is 0 Å². The van der Waals surface area contributed by atoms with Crippen molar-refractivity contribution < 1.29 is 9.84 Å². The molecule has 0 bridgehead atoms. The van der Waals surface area contributed by atoms with Gasteiger partial charge in [0.05, 0.1) is 13.7 Å². The third kappa shape index (κ3) is 4.30. The summed E-state index contributed by atoms with van der Waals surface area (Å²) < 4.78 is 8.98. The zero-order chi connectivity index (χ0) is 13.8. The topological polar surface area (TPSA) is 29.5 Å².